The molecule has 0 spiro atoms. The van der Waals surface area contributed by atoms with E-state index >= 15 is 0 Å². The van der Waals surface area contributed by atoms with Crippen molar-refractivity contribution in [2.24, 2.45) is 0 Å². The van der Waals surface area contributed by atoms with Crippen LogP contribution in [0.2, 0.25) is 0 Å². The van der Waals surface area contributed by atoms with Crippen LogP contribution in [0.25, 0.3) is 0 Å². The van der Waals surface area contributed by atoms with Crippen molar-refractivity contribution in [2.75, 3.05) is 18.5 Å². The lowest BCUT2D eigenvalue weighted by atomic mass is 10.1. The second kappa shape index (κ2) is 10.9. The normalized spacial score (nSPS) is 11.3. The van der Waals surface area contributed by atoms with Gasteiger partial charge in [-0.15, -0.1) is 0 Å². The molecule has 2 rings (SSSR count). The van der Waals surface area contributed by atoms with Gasteiger partial charge in [0.1, 0.15) is 5.75 Å². The highest BCUT2D eigenvalue weighted by Gasteiger charge is 2.09. The van der Waals surface area contributed by atoms with Crippen molar-refractivity contribution in [1.29, 1.82) is 0 Å². The minimum Gasteiger partial charge on any atom is -0.484 e. The number of anilines is 1. The van der Waals surface area contributed by atoms with Crippen LogP contribution in [0.5, 0.6) is 5.75 Å². The number of benzene rings is 2. The number of rotatable bonds is 9. The fourth-order valence-electron chi connectivity index (χ4n) is 2.51. The molecule has 6 nitrogen and oxygen atoms in total. The fraction of sp³-hybridized carbons (Fsp3) is 0.333. The Hall–Kier alpha value is -3.02. The van der Waals surface area contributed by atoms with Gasteiger partial charge in [-0.2, -0.15) is 0 Å². The second-order valence-corrected chi connectivity index (χ2v) is 6.15. The summed E-state index contributed by atoms with van der Waals surface area (Å²) in [7, 11) is 0. The maximum Gasteiger partial charge on any atom is 0.411 e. The van der Waals surface area contributed by atoms with E-state index < -0.39 is 6.09 Å². The van der Waals surface area contributed by atoms with Crippen LogP contribution in [0, 0.1) is 0 Å². The third kappa shape index (κ3) is 7.81. The van der Waals surface area contributed by atoms with Crippen LogP contribution < -0.4 is 15.4 Å². The Balaban J connectivity index is 1.73. The van der Waals surface area contributed by atoms with Crippen molar-refractivity contribution >= 4 is 17.7 Å². The molecule has 2 aromatic rings. The lowest BCUT2D eigenvalue weighted by Crippen LogP contribution is -2.36. The molecule has 2 N–H and O–H groups in total. The average Bonchev–Trinajstić information content (AvgIpc) is 2.66. The second-order valence-electron chi connectivity index (χ2n) is 6.15. The van der Waals surface area contributed by atoms with E-state index in [2.05, 4.69) is 22.8 Å². The summed E-state index contributed by atoms with van der Waals surface area (Å²) < 4.78 is 10.3. The molecule has 0 fully saturated rings. The van der Waals surface area contributed by atoms with Gasteiger partial charge in [0.25, 0.3) is 5.91 Å². The van der Waals surface area contributed by atoms with E-state index in [9.17, 15) is 9.59 Å². The summed E-state index contributed by atoms with van der Waals surface area (Å²) >= 11 is 0. The highest BCUT2D eigenvalue weighted by atomic mass is 16.5. The summed E-state index contributed by atoms with van der Waals surface area (Å²) in [4.78, 5) is 23.5. The van der Waals surface area contributed by atoms with Crippen molar-refractivity contribution in [3.05, 3.63) is 60.2 Å². The Bertz CT molecular complexity index is 734. The number of carbonyl (C=O) groups is 2. The van der Waals surface area contributed by atoms with Gasteiger partial charge < -0.3 is 14.8 Å². The Morgan fingerprint density at radius 3 is 2.59 bits per heavy atom. The minimum atomic E-state index is -0.528. The Morgan fingerprint density at radius 1 is 1.07 bits per heavy atom. The van der Waals surface area contributed by atoms with Gasteiger partial charge in [0.05, 0.1) is 6.61 Å². The summed E-state index contributed by atoms with van der Waals surface area (Å²) in [6.45, 7) is 3.92. The number of hydrogen-bond donors (Lipinski definition) is 2. The first kappa shape index (κ1) is 20.3. The third-order valence-electron chi connectivity index (χ3n) is 3.84. The van der Waals surface area contributed by atoms with Gasteiger partial charge in [0.2, 0.25) is 0 Å². The zero-order valence-electron chi connectivity index (χ0n) is 15.7. The molecule has 0 saturated carbocycles. The van der Waals surface area contributed by atoms with Gasteiger partial charge in [-0.05, 0) is 44.4 Å². The predicted octanol–water partition coefficient (Wildman–Crippen LogP) is 3.77. The molecule has 2 amide bonds. The highest BCUT2D eigenvalue weighted by molar-refractivity contribution is 5.84. The number of hydrogen-bond acceptors (Lipinski definition) is 4. The van der Waals surface area contributed by atoms with E-state index in [-0.39, 0.29) is 18.6 Å². The van der Waals surface area contributed by atoms with Crippen LogP contribution in [0.4, 0.5) is 10.5 Å². The Labute approximate surface area is 159 Å². The highest BCUT2D eigenvalue weighted by Crippen LogP contribution is 2.17. The molecule has 0 radical (unpaired) electrons. The zero-order chi connectivity index (χ0) is 19.5. The van der Waals surface area contributed by atoms with E-state index in [1.54, 1.807) is 31.2 Å². The molecule has 0 saturated heterocycles. The molecule has 6 heteroatoms. The first-order valence-corrected chi connectivity index (χ1v) is 9.06. The largest absolute Gasteiger partial charge is 0.484 e. The van der Waals surface area contributed by atoms with Gasteiger partial charge in [-0.1, -0.05) is 36.4 Å². The Kier molecular flexibility index (Phi) is 8.16. The number of ether oxygens (including phenoxy) is 2. The van der Waals surface area contributed by atoms with Gasteiger partial charge in [0.15, 0.2) is 6.61 Å². The lowest BCUT2D eigenvalue weighted by Gasteiger charge is -2.14. The van der Waals surface area contributed by atoms with Gasteiger partial charge in [-0.25, -0.2) is 4.79 Å². The SMILES string of the molecule is CCOC(=O)Nc1cccc(OCC(=O)NC(C)CCc2ccccc2)c1. The molecule has 0 heterocycles. The number of amides is 2. The average molecular weight is 370 g/mol. The molecule has 0 aromatic heterocycles. The maximum atomic E-state index is 12.1. The van der Waals surface area contributed by atoms with E-state index in [0.29, 0.717) is 18.0 Å². The van der Waals surface area contributed by atoms with E-state index in [1.165, 1.54) is 5.56 Å². The summed E-state index contributed by atoms with van der Waals surface area (Å²) in [5.41, 5.74) is 1.79. The molecule has 0 bridgehead atoms. The molecule has 0 aliphatic heterocycles. The van der Waals surface area contributed by atoms with Crippen molar-refractivity contribution in [2.45, 2.75) is 32.7 Å². The molecule has 2 aromatic carbocycles. The topological polar surface area (TPSA) is 76.7 Å². The predicted molar refractivity (Wildman–Crippen MR) is 105 cm³/mol. The van der Waals surface area contributed by atoms with Gasteiger partial charge in [0, 0.05) is 17.8 Å². The lowest BCUT2D eigenvalue weighted by molar-refractivity contribution is -0.123. The van der Waals surface area contributed by atoms with E-state index in [1.807, 2.05) is 25.1 Å². The molecule has 27 heavy (non-hydrogen) atoms. The van der Waals surface area contributed by atoms with Gasteiger partial charge in [-0.3, -0.25) is 10.1 Å². The summed E-state index contributed by atoms with van der Waals surface area (Å²) in [6, 6.07) is 17.0. The van der Waals surface area contributed by atoms with Crippen LogP contribution in [-0.2, 0) is 16.0 Å². The van der Waals surface area contributed by atoms with E-state index in [0.717, 1.165) is 12.8 Å². The maximum absolute atomic E-state index is 12.1. The standard InChI is InChI=1S/C21H26N2O4/c1-3-26-21(25)23-18-10-7-11-19(14-18)27-15-20(24)22-16(2)12-13-17-8-5-4-6-9-17/h4-11,14,16H,3,12-13,15H2,1-2H3,(H,22,24)(H,23,25). The summed E-state index contributed by atoms with van der Waals surface area (Å²) in [6.07, 6.45) is 1.24. The molecule has 1 unspecified atom stereocenters. The smallest absolute Gasteiger partial charge is 0.411 e. The van der Waals surface area contributed by atoms with Crippen LogP contribution >= 0.6 is 0 Å². The van der Waals surface area contributed by atoms with Crippen LogP contribution in [-0.4, -0.2) is 31.3 Å². The van der Waals surface area contributed by atoms with Gasteiger partial charge >= 0.3 is 6.09 Å². The van der Waals surface area contributed by atoms with Crippen LogP contribution in [0.1, 0.15) is 25.8 Å². The van der Waals surface area contributed by atoms with Crippen molar-refractivity contribution < 1.29 is 19.1 Å². The number of carbonyl (C=O) groups excluding carboxylic acids is 2. The first-order valence-electron chi connectivity index (χ1n) is 9.06. The minimum absolute atomic E-state index is 0.0538. The van der Waals surface area contributed by atoms with E-state index in [4.69, 9.17) is 9.47 Å². The summed E-state index contributed by atoms with van der Waals surface area (Å²) in [5, 5.41) is 5.52. The first-order chi connectivity index (χ1) is 13.1. The number of nitrogens with one attached hydrogen (secondary N) is 2. The van der Waals surface area contributed by atoms with Crippen LogP contribution in [0.3, 0.4) is 0 Å². The quantitative estimate of drug-likeness (QED) is 0.704. The Morgan fingerprint density at radius 2 is 1.85 bits per heavy atom. The molecule has 0 aliphatic carbocycles. The van der Waals surface area contributed by atoms with Crippen molar-refractivity contribution in [3.8, 4) is 5.75 Å². The third-order valence-corrected chi connectivity index (χ3v) is 3.84. The summed E-state index contributed by atoms with van der Waals surface area (Å²) in [5.74, 6) is 0.315. The monoisotopic (exact) mass is 370 g/mol. The number of aryl methyl sites for hydroxylation is 1. The molecular weight excluding hydrogens is 344 g/mol. The fourth-order valence-corrected chi connectivity index (χ4v) is 2.51. The molecule has 144 valence electrons. The van der Waals surface area contributed by atoms with Crippen LogP contribution in [0.15, 0.2) is 54.6 Å². The molecule has 1 atom stereocenters. The van der Waals surface area contributed by atoms with Crippen molar-refractivity contribution in [3.63, 3.8) is 0 Å². The molecular formula is C21H26N2O4. The zero-order valence-corrected chi connectivity index (χ0v) is 15.7. The van der Waals surface area contributed by atoms with Crippen molar-refractivity contribution in [1.82, 2.24) is 5.32 Å². The molecule has 0 aliphatic rings.